The number of carbonyl (C=O) groups is 1. The van der Waals surface area contributed by atoms with Gasteiger partial charge in [0, 0.05) is 23.8 Å². The molecule has 1 amide bonds. The minimum Gasteiger partial charge on any atom is -0.493 e. The van der Waals surface area contributed by atoms with E-state index < -0.39 is 21.7 Å². The smallest absolute Gasteiger partial charge is 0.232 e. The van der Waals surface area contributed by atoms with Crippen LogP contribution in [-0.2, 0) is 26.8 Å². The Balaban J connectivity index is 1.51. The molecule has 3 aromatic rings. The predicted octanol–water partition coefficient (Wildman–Crippen LogP) is 5.69. The second-order valence-electron chi connectivity index (χ2n) is 11.9. The van der Waals surface area contributed by atoms with Gasteiger partial charge < -0.3 is 19.5 Å². The number of fused-ring (bicyclic) bond motifs is 1. The molecule has 0 aromatic heterocycles. The fourth-order valence-electron chi connectivity index (χ4n) is 6.27. The van der Waals surface area contributed by atoms with Crippen molar-refractivity contribution in [2.75, 3.05) is 31.4 Å². The van der Waals surface area contributed by atoms with Crippen molar-refractivity contribution in [1.82, 2.24) is 4.31 Å². The number of methoxy groups -OCH3 is 1. The highest BCUT2D eigenvalue weighted by Crippen LogP contribution is 2.44. The molecule has 0 spiro atoms. The molecule has 5 rings (SSSR count). The maximum atomic E-state index is 13.8. The van der Waals surface area contributed by atoms with Gasteiger partial charge in [0.25, 0.3) is 0 Å². The molecule has 1 fully saturated rings. The number of halogens is 1. The standard InChI is InChI=1S/C33H39ClN2O6S/c1-21(2)42-30-20-28-23(18-29(30)41-4)19-31(37)36(32(28)22-6-10-26(34)11-7-22)27-12-8-24(9-13-27)33(3,38)25-14-16-35(17-15-25)43(5,39)40/h6-13,18,20-21,25,32,38H,14-17,19H2,1-5H3/t32-,33?/m0/s1. The zero-order valence-electron chi connectivity index (χ0n) is 25.2. The lowest BCUT2D eigenvalue weighted by molar-refractivity contribution is -0.118. The third-order valence-corrected chi connectivity index (χ3v) is 10.1. The molecular formula is C33H39ClN2O6S. The third kappa shape index (κ3) is 6.41. The molecular weight excluding hydrogens is 588 g/mol. The molecule has 0 bridgehead atoms. The first-order valence-electron chi connectivity index (χ1n) is 14.5. The van der Waals surface area contributed by atoms with Crippen LogP contribution in [0.5, 0.6) is 11.5 Å². The monoisotopic (exact) mass is 626 g/mol. The number of sulfonamides is 1. The maximum Gasteiger partial charge on any atom is 0.232 e. The highest BCUT2D eigenvalue weighted by atomic mass is 35.5. The fourth-order valence-corrected chi connectivity index (χ4v) is 7.27. The van der Waals surface area contributed by atoms with Crippen LogP contribution in [0.1, 0.15) is 61.9 Å². The van der Waals surface area contributed by atoms with Crippen molar-refractivity contribution in [3.63, 3.8) is 0 Å². The number of hydrogen-bond acceptors (Lipinski definition) is 6. The predicted molar refractivity (Wildman–Crippen MR) is 168 cm³/mol. The first-order valence-corrected chi connectivity index (χ1v) is 16.7. The number of benzene rings is 3. The minimum atomic E-state index is -3.26. The van der Waals surface area contributed by atoms with E-state index in [1.54, 1.807) is 18.9 Å². The van der Waals surface area contributed by atoms with Gasteiger partial charge in [-0.2, -0.15) is 0 Å². The minimum absolute atomic E-state index is 0.0683. The number of anilines is 1. The number of ether oxygens (including phenoxy) is 2. The Hall–Kier alpha value is -3.11. The molecule has 0 aliphatic carbocycles. The van der Waals surface area contributed by atoms with E-state index in [1.807, 2.05) is 74.5 Å². The van der Waals surface area contributed by atoms with E-state index in [0.717, 1.165) is 22.3 Å². The molecule has 3 aromatic carbocycles. The van der Waals surface area contributed by atoms with E-state index in [9.17, 15) is 18.3 Å². The summed E-state index contributed by atoms with van der Waals surface area (Å²) < 4.78 is 37.1. The van der Waals surface area contributed by atoms with Crippen molar-refractivity contribution in [3.8, 4) is 11.5 Å². The lowest BCUT2D eigenvalue weighted by atomic mass is 9.77. The number of aliphatic hydroxyl groups is 1. The summed E-state index contributed by atoms with van der Waals surface area (Å²) in [6, 6.07) is 18.4. The van der Waals surface area contributed by atoms with Crippen LogP contribution in [0.3, 0.4) is 0 Å². The van der Waals surface area contributed by atoms with Crippen molar-refractivity contribution in [1.29, 1.82) is 0 Å². The Bertz CT molecular complexity index is 1580. The molecule has 1 saturated heterocycles. The normalized spacial score (nSPS) is 19.7. The van der Waals surface area contributed by atoms with E-state index >= 15 is 0 Å². The highest BCUT2D eigenvalue weighted by Gasteiger charge is 2.39. The molecule has 8 nitrogen and oxygen atoms in total. The molecule has 1 unspecified atom stereocenters. The first kappa shape index (κ1) is 31.3. The van der Waals surface area contributed by atoms with Crippen LogP contribution in [0, 0.1) is 5.92 Å². The summed E-state index contributed by atoms with van der Waals surface area (Å²) >= 11 is 6.24. The Morgan fingerprint density at radius 2 is 1.63 bits per heavy atom. The van der Waals surface area contributed by atoms with E-state index in [1.165, 1.54) is 10.6 Å². The molecule has 2 aliphatic rings. The van der Waals surface area contributed by atoms with Crippen LogP contribution >= 0.6 is 11.6 Å². The molecule has 0 radical (unpaired) electrons. The largest absolute Gasteiger partial charge is 0.493 e. The van der Waals surface area contributed by atoms with Gasteiger partial charge in [-0.1, -0.05) is 35.9 Å². The van der Waals surface area contributed by atoms with Gasteiger partial charge in [-0.15, -0.1) is 0 Å². The van der Waals surface area contributed by atoms with Crippen LogP contribution in [-0.4, -0.2) is 56.3 Å². The summed E-state index contributed by atoms with van der Waals surface area (Å²) in [5.41, 5.74) is 2.97. The van der Waals surface area contributed by atoms with Crippen LogP contribution in [0.25, 0.3) is 0 Å². The Morgan fingerprint density at radius 1 is 1.00 bits per heavy atom. The zero-order chi connectivity index (χ0) is 31.1. The first-order chi connectivity index (χ1) is 20.3. The number of nitrogens with zero attached hydrogens (tertiary/aromatic N) is 2. The molecule has 2 aliphatic heterocycles. The maximum absolute atomic E-state index is 13.8. The van der Waals surface area contributed by atoms with E-state index in [-0.39, 0.29) is 24.3 Å². The van der Waals surface area contributed by atoms with E-state index in [4.69, 9.17) is 21.1 Å². The van der Waals surface area contributed by atoms with Crippen molar-refractivity contribution in [2.24, 2.45) is 5.92 Å². The highest BCUT2D eigenvalue weighted by molar-refractivity contribution is 7.88. The summed E-state index contributed by atoms with van der Waals surface area (Å²) in [6.45, 7) is 6.46. The number of carbonyl (C=O) groups excluding carboxylic acids is 1. The Kier molecular flexibility index (Phi) is 8.82. The van der Waals surface area contributed by atoms with Gasteiger partial charge in [0.05, 0.1) is 37.5 Å². The summed E-state index contributed by atoms with van der Waals surface area (Å²) in [6.07, 6.45) is 2.46. The number of amides is 1. The summed E-state index contributed by atoms with van der Waals surface area (Å²) in [5.74, 6) is 1.02. The molecule has 2 atom stereocenters. The number of rotatable bonds is 8. The zero-order valence-corrected chi connectivity index (χ0v) is 26.8. The van der Waals surface area contributed by atoms with Gasteiger partial charge in [0.2, 0.25) is 15.9 Å². The molecule has 2 heterocycles. The average Bonchev–Trinajstić information content (AvgIpc) is 2.96. The SMILES string of the molecule is COc1cc2c(cc1OC(C)C)[C@H](c1ccc(Cl)cc1)N(c1ccc(C(C)(O)C3CCN(S(C)(=O)=O)CC3)cc1)C(=O)C2. The average molecular weight is 627 g/mol. The molecule has 230 valence electrons. The van der Waals surface area contributed by atoms with Gasteiger partial charge in [-0.3, -0.25) is 4.79 Å². The van der Waals surface area contributed by atoms with Crippen molar-refractivity contribution in [3.05, 3.63) is 87.9 Å². The Labute approximate surface area is 259 Å². The van der Waals surface area contributed by atoms with Crippen molar-refractivity contribution < 1.29 is 27.8 Å². The summed E-state index contributed by atoms with van der Waals surface area (Å²) in [5, 5.41) is 12.2. The fraction of sp³-hybridized carbons (Fsp3) is 0.424. The Morgan fingerprint density at radius 3 is 2.19 bits per heavy atom. The van der Waals surface area contributed by atoms with Gasteiger partial charge in [0.15, 0.2) is 11.5 Å². The van der Waals surface area contributed by atoms with E-state index in [0.29, 0.717) is 48.1 Å². The third-order valence-electron chi connectivity index (χ3n) is 8.58. The van der Waals surface area contributed by atoms with Crippen LogP contribution in [0.15, 0.2) is 60.7 Å². The molecule has 1 N–H and O–H groups in total. The lowest BCUT2D eigenvalue weighted by Gasteiger charge is -2.40. The quantitative estimate of drug-likeness (QED) is 0.345. The number of piperidine rings is 1. The van der Waals surface area contributed by atoms with Crippen LogP contribution in [0.2, 0.25) is 5.02 Å². The molecule has 0 saturated carbocycles. The van der Waals surface area contributed by atoms with Gasteiger partial charge in [-0.05, 0) is 98.2 Å². The second-order valence-corrected chi connectivity index (χ2v) is 14.3. The van der Waals surface area contributed by atoms with Gasteiger partial charge in [-0.25, -0.2) is 12.7 Å². The summed E-state index contributed by atoms with van der Waals surface area (Å²) in [7, 11) is -1.66. The van der Waals surface area contributed by atoms with E-state index in [2.05, 4.69) is 0 Å². The van der Waals surface area contributed by atoms with Crippen molar-refractivity contribution in [2.45, 2.75) is 57.8 Å². The topological polar surface area (TPSA) is 96.4 Å². The second kappa shape index (κ2) is 12.1. The van der Waals surface area contributed by atoms with Gasteiger partial charge in [0.1, 0.15) is 0 Å². The molecule has 10 heteroatoms. The summed E-state index contributed by atoms with van der Waals surface area (Å²) in [4.78, 5) is 15.6. The van der Waals surface area contributed by atoms with Crippen LogP contribution < -0.4 is 14.4 Å². The van der Waals surface area contributed by atoms with Crippen molar-refractivity contribution >= 4 is 33.2 Å². The molecule has 43 heavy (non-hydrogen) atoms. The van der Waals surface area contributed by atoms with Gasteiger partial charge >= 0.3 is 0 Å². The number of hydrogen-bond donors (Lipinski definition) is 1. The lowest BCUT2D eigenvalue weighted by Crippen LogP contribution is -2.44. The van der Waals surface area contributed by atoms with Crippen LogP contribution in [0.4, 0.5) is 5.69 Å².